The summed E-state index contributed by atoms with van der Waals surface area (Å²) in [5.41, 5.74) is 7.25. The third-order valence-electron chi connectivity index (χ3n) is 10.8. The lowest BCUT2D eigenvalue weighted by Gasteiger charge is -2.37. The summed E-state index contributed by atoms with van der Waals surface area (Å²) in [5, 5.41) is 21.2. The van der Waals surface area contributed by atoms with Crippen molar-refractivity contribution in [3.05, 3.63) is 110 Å². The fourth-order valence-electron chi connectivity index (χ4n) is 7.96. The molecule has 1 aliphatic carbocycles. The molecule has 6 heterocycles. The Balaban J connectivity index is 0.873. The number of piperidine rings is 1. The van der Waals surface area contributed by atoms with Crippen molar-refractivity contribution in [3.63, 3.8) is 0 Å². The van der Waals surface area contributed by atoms with E-state index < -0.39 is 11.9 Å². The van der Waals surface area contributed by atoms with Gasteiger partial charge in [-0.1, -0.05) is 41.6 Å². The predicted molar refractivity (Wildman–Crippen MR) is 205 cm³/mol. The van der Waals surface area contributed by atoms with Crippen molar-refractivity contribution in [1.82, 2.24) is 34.8 Å². The second kappa shape index (κ2) is 13.4. The van der Waals surface area contributed by atoms with Gasteiger partial charge in [0.25, 0.3) is 5.91 Å². The number of aliphatic imine (C=N–C) groups is 1. The molecule has 2 N–H and O–H groups in total. The maximum atomic E-state index is 13.2. The van der Waals surface area contributed by atoms with Crippen molar-refractivity contribution in [2.75, 3.05) is 5.32 Å². The first-order valence-electron chi connectivity index (χ1n) is 18.1. The van der Waals surface area contributed by atoms with Crippen LogP contribution in [-0.2, 0) is 22.7 Å². The molecule has 0 spiro atoms. The number of rotatable bonds is 6. The summed E-state index contributed by atoms with van der Waals surface area (Å²) in [4.78, 5) is 45.1. The average molecular weight is 758 g/mol. The number of nitrogens with zero attached hydrogens (tertiary/aromatic N) is 7. The van der Waals surface area contributed by atoms with Gasteiger partial charge in [0.05, 0.1) is 22.3 Å². The monoisotopic (exact) mass is 757 g/mol. The number of carbonyl (C=O) groups excluding carboxylic acids is 3. The number of fused-ring (bicyclic) bond motifs is 4. The number of hydrogen-bond donors (Lipinski definition) is 2. The lowest BCUT2D eigenvalue weighted by Crippen LogP contribution is -2.52. The van der Waals surface area contributed by atoms with Gasteiger partial charge >= 0.3 is 0 Å². The summed E-state index contributed by atoms with van der Waals surface area (Å²) in [6, 6.07) is 12.9. The number of amides is 3. The van der Waals surface area contributed by atoms with Crippen LogP contribution >= 0.6 is 22.9 Å². The van der Waals surface area contributed by atoms with Crippen molar-refractivity contribution in [1.29, 1.82) is 0 Å². The van der Waals surface area contributed by atoms with Crippen LogP contribution in [0.5, 0.6) is 0 Å². The number of imide groups is 1. The summed E-state index contributed by atoms with van der Waals surface area (Å²) < 4.78 is 4.08. The van der Waals surface area contributed by atoms with Crippen molar-refractivity contribution in [3.8, 4) is 16.8 Å². The van der Waals surface area contributed by atoms with Gasteiger partial charge in [-0.15, -0.1) is 21.5 Å². The molecule has 3 amide bonds. The van der Waals surface area contributed by atoms with Crippen molar-refractivity contribution >= 4 is 52.1 Å². The van der Waals surface area contributed by atoms with Gasteiger partial charge in [-0.05, 0) is 75.8 Å². The van der Waals surface area contributed by atoms with Crippen LogP contribution in [0.3, 0.4) is 0 Å². The minimum atomic E-state index is -0.630. The Morgan fingerprint density at radius 3 is 2.67 bits per heavy atom. The molecular weight excluding hydrogens is 722 g/mol. The van der Waals surface area contributed by atoms with Gasteiger partial charge in [0, 0.05) is 64.7 Å². The molecule has 5 aromatic rings. The maximum absolute atomic E-state index is 13.2. The Kier molecular flexibility index (Phi) is 8.47. The second-order valence-corrected chi connectivity index (χ2v) is 15.9. The summed E-state index contributed by atoms with van der Waals surface area (Å²) in [7, 11) is 0. The highest BCUT2D eigenvalue weighted by molar-refractivity contribution is 7.15. The third kappa shape index (κ3) is 5.99. The number of aryl methyl sites for hydroxylation is 1. The molecule has 1 saturated carbocycles. The Hall–Kier alpha value is -5.58. The molecule has 54 heavy (non-hydrogen) atoms. The molecule has 3 aromatic heterocycles. The van der Waals surface area contributed by atoms with E-state index in [1.807, 2.05) is 73.4 Å². The predicted octanol–water partition coefficient (Wildman–Crippen LogP) is 5.76. The largest absolute Gasteiger partial charge is 0.382 e. The van der Waals surface area contributed by atoms with Gasteiger partial charge < -0.3 is 10.2 Å². The number of carbonyl (C=O) groups is 3. The second-order valence-electron chi connectivity index (χ2n) is 14.4. The van der Waals surface area contributed by atoms with Crippen LogP contribution in [0.1, 0.15) is 93.4 Å². The van der Waals surface area contributed by atoms with E-state index >= 15 is 0 Å². The van der Waals surface area contributed by atoms with Crippen molar-refractivity contribution in [2.24, 2.45) is 10.9 Å². The Labute approximate surface area is 320 Å². The highest BCUT2D eigenvalue weighted by atomic mass is 35.5. The number of thiophene rings is 1. The summed E-state index contributed by atoms with van der Waals surface area (Å²) in [6.45, 7) is 7.24. The van der Waals surface area contributed by atoms with Crippen LogP contribution < -0.4 is 10.6 Å². The Morgan fingerprint density at radius 2 is 1.87 bits per heavy atom. The zero-order valence-corrected chi connectivity index (χ0v) is 31.5. The highest BCUT2D eigenvalue weighted by Crippen LogP contribution is 2.40. The first-order chi connectivity index (χ1) is 26.1. The van der Waals surface area contributed by atoms with Gasteiger partial charge in [0.15, 0.2) is 5.82 Å². The molecule has 272 valence electrons. The topological polar surface area (TPSA) is 139 Å². The maximum Gasteiger partial charge on any atom is 0.255 e. The molecule has 9 rings (SSSR count). The van der Waals surface area contributed by atoms with E-state index in [0.29, 0.717) is 29.5 Å². The summed E-state index contributed by atoms with van der Waals surface area (Å²) in [6.07, 6.45) is 6.34. The number of benzene rings is 2. The fraction of sp³-hybridized carbons (Fsp3) is 0.325. The standard InChI is InChI=1S/C40H36ClN9O3S/c1-21-33(54-40-35(21)36(26-8-10-27(41)11-9-26)43-22(2)37-47-46-23(3)50(37)40)13-7-24-17-42-48(18-24)19-25-15-28(16-25)44-31-6-4-5-29-30(31)20-49(39(29)53)32-12-14-34(51)45-38(32)52/h4-6,8-11,17-18,22,25,28,32,44H,12,14-16,19-20H2,1-3H3,(H,45,51,52)/t22-,25-,28-,32?/m0/s1. The number of nitrogens with one attached hydrogen (secondary N) is 2. The molecule has 14 heteroatoms. The van der Waals surface area contributed by atoms with Crippen LogP contribution in [-0.4, -0.2) is 65.0 Å². The van der Waals surface area contributed by atoms with E-state index in [1.165, 1.54) is 0 Å². The van der Waals surface area contributed by atoms with Gasteiger partial charge in [-0.25, -0.2) is 0 Å². The molecule has 2 aromatic carbocycles. The summed E-state index contributed by atoms with van der Waals surface area (Å²) in [5.74, 6) is 7.99. The van der Waals surface area contributed by atoms with Gasteiger partial charge in [-0.2, -0.15) is 5.10 Å². The number of anilines is 1. The van der Waals surface area contributed by atoms with Gasteiger partial charge in [0.2, 0.25) is 11.8 Å². The lowest BCUT2D eigenvalue weighted by atomic mass is 9.80. The van der Waals surface area contributed by atoms with Gasteiger partial charge in [0.1, 0.15) is 22.9 Å². The van der Waals surface area contributed by atoms with Crippen molar-refractivity contribution in [2.45, 2.75) is 77.7 Å². The molecule has 4 aliphatic rings. The Bertz CT molecular complexity index is 2460. The molecule has 1 unspecified atom stereocenters. The summed E-state index contributed by atoms with van der Waals surface area (Å²) >= 11 is 7.86. The van der Waals surface area contributed by atoms with E-state index in [0.717, 1.165) is 80.1 Å². The van der Waals surface area contributed by atoms with Crippen molar-refractivity contribution < 1.29 is 14.4 Å². The van der Waals surface area contributed by atoms with E-state index in [4.69, 9.17) is 16.6 Å². The molecule has 1 saturated heterocycles. The fourth-order valence-corrected chi connectivity index (χ4v) is 9.31. The molecule has 3 aliphatic heterocycles. The third-order valence-corrected chi connectivity index (χ3v) is 12.3. The smallest absolute Gasteiger partial charge is 0.255 e. The minimum Gasteiger partial charge on any atom is -0.382 e. The van der Waals surface area contributed by atoms with Crippen LogP contribution in [0, 0.1) is 31.6 Å². The van der Waals surface area contributed by atoms with Crippen LogP contribution in [0.4, 0.5) is 5.69 Å². The van der Waals surface area contributed by atoms with E-state index in [-0.39, 0.29) is 30.3 Å². The van der Waals surface area contributed by atoms with E-state index in [9.17, 15) is 14.4 Å². The van der Waals surface area contributed by atoms with E-state index in [2.05, 4.69) is 49.3 Å². The average Bonchev–Trinajstić information content (AvgIpc) is 3.89. The number of hydrogen-bond acceptors (Lipinski definition) is 9. The number of aromatic nitrogens is 5. The first-order valence-corrected chi connectivity index (χ1v) is 19.3. The zero-order chi connectivity index (χ0) is 37.2. The quantitative estimate of drug-likeness (QED) is 0.166. The normalized spacial score (nSPS) is 21.6. The van der Waals surface area contributed by atoms with E-state index in [1.54, 1.807) is 16.2 Å². The number of halogens is 1. The highest BCUT2D eigenvalue weighted by Gasteiger charge is 2.40. The molecule has 2 fully saturated rings. The molecule has 2 atom stereocenters. The minimum absolute atomic E-state index is 0.164. The molecular formula is C40H36ClN9O3S. The molecule has 12 nitrogen and oxygen atoms in total. The Morgan fingerprint density at radius 1 is 1.06 bits per heavy atom. The van der Waals surface area contributed by atoms with Gasteiger partial charge in [-0.3, -0.25) is 33.9 Å². The van der Waals surface area contributed by atoms with Crippen LogP contribution in [0.2, 0.25) is 5.02 Å². The zero-order valence-electron chi connectivity index (χ0n) is 29.9. The molecule has 0 radical (unpaired) electrons. The lowest BCUT2D eigenvalue weighted by molar-refractivity contribution is -0.136. The van der Waals surface area contributed by atoms with Crippen LogP contribution in [0.25, 0.3) is 5.00 Å². The first kappa shape index (κ1) is 34.2. The molecule has 0 bridgehead atoms. The van der Waals surface area contributed by atoms with Crippen LogP contribution in [0.15, 0.2) is 59.9 Å². The SMILES string of the molecule is Cc1c(C#Cc2cnn(C[C@H]3C[C@H](Nc4cccc5c4CN(C4CCC(=O)NC4=O)C5=O)C3)c2)sc2c1C(c1ccc(Cl)cc1)=N[C@@H](C)c1nnc(C)n1-2.